The normalized spacial score (nSPS) is 11.1. The summed E-state index contributed by atoms with van der Waals surface area (Å²) in [6.07, 6.45) is 0.959. The molecule has 0 saturated carbocycles. The predicted octanol–water partition coefficient (Wildman–Crippen LogP) is 2.45. The van der Waals surface area contributed by atoms with Gasteiger partial charge < -0.3 is 14.8 Å². The van der Waals surface area contributed by atoms with Gasteiger partial charge in [0, 0.05) is 18.8 Å². The van der Waals surface area contributed by atoms with E-state index in [1.807, 2.05) is 24.3 Å². The maximum atomic E-state index is 12.0. The van der Waals surface area contributed by atoms with E-state index in [-0.39, 0.29) is 11.8 Å². The molecule has 0 saturated heterocycles. The van der Waals surface area contributed by atoms with E-state index >= 15 is 0 Å². The van der Waals surface area contributed by atoms with Crippen LogP contribution in [0, 0.1) is 0 Å². The molecule has 8 nitrogen and oxygen atoms in total. The number of nitrogens with one attached hydrogen (secondary N) is 1. The fourth-order valence-electron chi connectivity index (χ4n) is 2.47. The summed E-state index contributed by atoms with van der Waals surface area (Å²) in [4.78, 5) is 12.8. The molecule has 9 heteroatoms. The van der Waals surface area contributed by atoms with Crippen molar-refractivity contribution in [1.29, 1.82) is 0 Å². The number of methoxy groups -OCH3 is 1. The summed E-state index contributed by atoms with van der Waals surface area (Å²) in [6, 6.07) is 7.33. The maximum Gasteiger partial charge on any atom is 0.234 e. The van der Waals surface area contributed by atoms with Gasteiger partial charge in [-0.2, -0.15) is 9.61 Å². The quantitative estimate of drug-likeness (QED) is 0.565. The number of rotatable bonds is 9. The van der Waals surface area contributed by atoms with Gasteiger partial charge in [0.05, 0.1) is 13.7 Å². The highest BCUT2D eigenvalue weighted by Crippen LogP contribution is 2.19. The van der Waals surface area contributed by atoms with Crippen molar-refractivity contribution in [3.05, 3.63) is 35.1 Å². The molecule has 0 unspecified atom stereocenters. The Hall–Kier alpha value is -2.68. The number of nitrogens with zero attached hydrogens (tertiary/aromatic N) is 4. The third kappa shape index (κ3) is 4.94. The van der Waals surface area contributed by atoms with Gasteiger partial charge in [0.1, 0.15) is 23.1 Å². The molecule has 144 valence electrons. The molecule has 2 aromatic heterocycles. The first-order valence-corrected chi connectivity index (χ1v) is 9.63. The zero-order valence-electron chi connectivity index (χ0n) is 15.6. The van der Waals surface area contributed by atoms with Gasteiger partial charge in [-0.1, -0.05) is 25.2 Å². The monoisotopic (exact) mass is 389 g/mol. The van der Waals surface area contributed by atoms with E-state index in [4.69, 9.17) is 9.47 Å². The van der Waals surface area contributed by atoms with Crippen LogP contribution < -0.4 is 14.8 Å². The van der Waals surface area contributed by atoms with Crippen molar-refractivity contribution >= 4 is 22.2 Å². The summed E-state index contributed by atoms with van der Waals surface area (Å²) in [7, 11) is 1.62. The van der Waals surface area contributed by atoms with Gasteiger partial charge in [0.25, 0.3) is 0 Å². The Kier molecular flexibility index (Phi) is 6.23. The second kappa shape index (κ2) is 8.81. The van der Waals surface area contributed by atoms with E-state index < -0.39 is 0 Å². The standard InChI is InChI=1S/C18H23N5O3S/c1-12(2)17-20-21-18-23(17)22-16(27-18)9-8-15(24)19-10-11-26-14-6-4-13(25-3)5-7-14/h4-7,12H,8-11H2,1-3H3,(H,19,24). The van der Waals surface area contributed by atoms with Crippen LogP contribution in [0.15, 0.2) is 24.3 Å². The zero-order valence-corrected chi connectivity index (χ0v) is 16.5. The molecule has 0 atom stereocenters. The second-order valence-electron chi connectivity index (χ2n) is 6.28. The van der Waals surface area contributed by atoms with Gasteiger partial charge in [0.15, 0.2) is 5.82 Å². The number of amides is 1. The number of ether oxygens (including phenoxy) is 2. The molecule has 0 bridgehead atoms. The van der Waals surface area contributed by atoms with E-state index in [1.54, 1.807) is 11.6 Å². The number of aromatic nitrogens is 4. The van der Waals surface area contributed by atoms with Crippen LogP contribution in [0.3, 0.4) is 0 Å². The molecule has 3 rings (SSSR count). The van der Waals surface area contributed by atoms with Crippen molar-refractivity contribution in [2.24, 2.45) is 0 Å². The maximum absolute atomic E-state index is 12.0. The number of carbonyl (C=O) groups excluding carboxylic acids is 1. The molecular formula is C18H23N5O3S. The third-order valence-corrected chi connectivity index (χ3v) is 4.85. The summed E-state index contributed by atoms with van der Waals surface area (Å²) >= 11 is 1.47. The Morgan fingerprint density at radius 2 is 1.96 bits per heavy atom. The van der Waals surface area contributed by atoms with Gasteiger partial charge in [0.2, 0.25) is 10.9 Å². The van der Waals surface area contributed by atoms with Crippen molar-refractivity contribution in [1.82, 2.24) is 25.1 Å². The lowest BCUT2D eigenvalue weighted by molar-refractivity contribution is -0.121. The number of fused-ring (bicyclic) bond motifs is 1. The minimum atomic E-state index is -0.0246. The minimum absolute atomic E-state index is 0.0246. The first-order chi connectivity index (χ1) is 13.1. The van der Waals surface area contributed by atoms with E-state index in [2.05, 4.69) is 34.5 Å². The summed E-state index contributed by atoms with van der Waals surface area (Å²) in [5, 5.41) is 16.5. The van der Waals surface area contributed by atoms with Crippen LogP contribution in [0.4, 0.5) is 0 Å². The van der Waals surface area contributed by atoms with Gasteiger partial charge >= 0.3 is 0 Å². The van der Waals surface area contributed by atoms with Crippen LogP contribution >= 0.6 is 11.3 Å². The van der Waals surface area contributed by atoms with Gasteiger partial charge in [-0.15, -0.1) is 10.2 Å². The Balaban J connectivity index is 1.39. The van der Waals surface area contributed by atoms with E-state index in [1.165, 1.54) is 11.3 Å². The zero-order chi connectivity index (χ0) is 19.2. The fourth-order valence-corrected chi connectivity index (χ4v) is 3.31. The molecule has 0 aliphatic carbocycles. The molecule has 27 heavy (non-hydrogen) atoms. The number of carbonyl (C=O) groups is 1. The first kappa shape index (κ1) is 19.1. The highest BCUT2D eigenvalue weighted by molar-refractivity contribution is 7.16. The third-order valence-electron chi connectivity index (χ3n) is 3.89. The van der Waals surface area contributed by atoms with Crippen molar-refractivity contribution in [2.45, 2.75) is 32.6 Å². The number of hydrogen-bond donors (Lipinski definition) is 1. The number of hydrogen-bond acceptors (Lipinski definition) is 7. The molecule has 0 aliphatic heterocycles. The summed E-state index contributed by atoms with van der Waals surface area (Å²) in [5.74, 6) is 2.59. The van der Waals surface area contributed by atoms with Gasteiger partial charge in [-0.05, 0) is 24.3 Å². The molecule has 0 aliphatic rings. The van der Waals surface area contributed by atoms with E-state index in [0.29, 0.717) is 26.0 Å². The molecule has 1 amide bonds. The van der Waals surface area contributed by atoms with Crippen molar-refractivity contribution in [2.75, 3.05) is 20.3 Å². The topological polar surface area (TPSA) is 90.6 Å². The fraction of sp³-hybridized carbons (Fsp3) is 0.444. The summed E-state index contributed by atoms with van der Waals surface area (Å²) < 4.78 is 12.4. The van der Waals surface area contributed by atoms with Crippen LogP contribution in [0.5, 0.6) is 11.5 Å². The summed E-state index contributed by atoms with van der Waals surface area (Å²) in [6.45, 7) is 4.97. The lowest BCUT2D eigenvalue weighted by Gasteiger charge is -2.08. The molecular weight excluding hydrogens is 366 g/mol. The van der Waals surface area contributed by atoms with Gasteiger partial charge in [-0.25, -0.2) is 0 Å². The Morgan fingerprint density at radius 3 is 2.67 bits per heavy atom. The van der Waals surface area contributed by atoms with Crippen LogP contribution in [-0.4, -0.2) is 46.0 Å². The van der Waals surface area contributed by atoms with Crippen LogP contribution in [0.25, 0.3) is 4.96 Å². The smallest absolute Gasteiger partial charge is 0.234 e. The number of aryl methyl sites for hydroxylation is 1. The van der Waals surface area contributed by atoms with Crippen molar-refractivity contribution in [3.63, 3.8) is 0 Å². The molecule has 3 aromatic rings. The van der Waals surface area contributed by atoms with Crippen LogP contribution in [0.1, 0.15) is 37.0 Å². The van der Waals surface area contributed by atoms with E-state index in [0.717, 1.165) is 27.3 Å². The largest absolute Gasteiger partial charge is 0.497 e. The van der Waals surface area contributed by atoms with Crippen LogP contribution in [-0.2, 0) is 11.2 Å². The second-order valence-corrected chi connectivity index (χ2v) is 7.32. The SMILES string of the molecule is COc1ccc(OCCNC(=O)CCc2nn3c(C(C)C)nnc3s2)cc1. The Morgan fingerprint density at radius 1 is 1.22 bits per heavy atom. The Labute approximate surface area is 161 Å². The molecule has 2 heterocycles. The lowest BCUT2D eigenvalue weighted by Crippen LogP contribution is -2.28. The molecule has 0 fully saturated rings. The lowest BCUT2D eigenvalue weighted by atomic mass is 10.2. The number of benzene rings is 1. The van der Waals surface area contributed by atoms with Crippen molar-refractivity contribution < 1.29 is 14.3 Å². The average Bonchev–Trinajstić information content (AvgIpc) is 3.24. The molecule has 0 radical (unpaired) electrons. The average molecular weight is 389 g/mol. The molecule has 1 N–H and O–H groups in total. The molecule has 0 spiro atoms. The highest BCUT2D eigenvalue weighted by Gasteiger charge is 2.14. The van der Waals surface area contributed by atoms with Gasteiger partial charge in [-0.3, -0.25) is 4.79 Å². The highest BCUT2D eigenvalue weighted by atomic mass is 32.1. The first-order valence-electron chi connectivity index (χ1n) is 8.81. The molecule has 1 aromatic carbocycles. The van der Waals surface area contributed by atoms with Crippen molar-refractivity contribution in [3.8, 4) is 11.5 Å². The Bertz CT molecular complexity index is 888. The van der Waals surface area contributed by atoms with E-state index in [9.17, 15) is 4.79 Å². The summed E-state index contributed by atoms with van der Waals surface area (Å²) in [5.41, 5.74) is 0. The minimum Gasteiger partial charge on any atom is -0.497 e. The predicted molar refractivity (Wildman–Crippen MR) is 103 cm³/mol. The van der Waals surface area contributed by atoms with Crippen LogP contribution in [0.2, 0.25) is 0 Å².